The van der Waals surface area contributed by atoms with Gasteiger partial charge in [-0.1, -0.05) is 13.8 Å². The van der Waals surface area contributed by atoms with Crippen LogP contribution in [-0.4, -0.2) is 58.8 Å². The van der Waals surface area contributed by atoms with Crippen molar-refractivity contribution in [2.45, 2.75) is 26.7 Å². The van der Waals surface area contributed by atoms with Crippen LogP contribution in [0.2, 0.25) is 0 Å². The summed E-state index contributed by atoms with van der Waals surface area (Å²) in [7, 11) is -3.37. The van der Waals surface area contributed by atoms with E-state index in [9.17, 15) is 8.42 Å². The van der Waals surface area contributed by atoms with Gasteiger partial charge in [0.25, 0.3) is 10.2 Å². The highest BCUT2D eigenvalue weighted by molar-refractivity contribution is 7.87. The van der Waals surface area contributed by atoms with Gasteiger partial charge in [-0.15, -0.1) is 0 Å². The maximum Gasteiger partial charge on any atom is 0.279 e. The van der Waals surface area contributed by atoms with Crippen molar-refractivity contribution >= 4 is 10.2 Å². The molecule has 21 heavy (non-hydrogen) atoms. The number of ether oxygens (including phenoxy) is 2. The number of rotatable bonds is 7. The summed E-state index contributed by atoms with van der Waals surface area (Å²) in [5.41, 5.74) is 0. The number of hydrogen-bond donors (Lipinski definition) is 1. The maximum atomic E-state index is 12.2. The fourth-order valence-corrected chi connectivity index (χ4v) is 4.53. The molecule has 2 aliphatic heterocycles. The second kappa shape index (κ2) is 7.87. The van der Waals surface area contributed by atoms with Crippen LogP contribution >= 0.6 is 0 Å². The van der Waals surface area contributed by atoms with Gasteiger partial charge in [0.1, 0.15) is 0 Å². The first-order chi connectivity index (χ1) is 9.97. The highest BCUT2D eigenvalue weighted by Crippen LogP contribution is 2.22. The molecule has 1 N–H and O–H groups in total. The van der Waals surface area contributed by atoms with E-state index in [4.69, 9.17) is 9.47 Å². The molecule has 0 spiro atoms. The van der Waals surface area contributed by atoms with Gasteiger partial charge < -0.3 is 9.47 Å². The minimum absolute atomic E-state index is 0.329. The van der Waals surface area contributed by atoms with Crippen molar-refractivity contribution in [3.05, 3.63) is 0 Å². The van der Waals surface area contributed by atoms with Gasteiger partial charge in [-0.25, -0.2) is 0 Å². The Labute approximate surface area is 128 Å². The number of nitrogens with zero attached hydrogens (tertiary/aromatic N) is 1. The molecule has 0 amide bonds. The fraction of sp³-hybridized carbons (Fsp3) is 1.00. The summed E-state index contributed by atoms with van der Waals surface area (Å²) in [4.78, 5) is 0. The normalized spacial score (nSPS) is 31.6. The summed E-state index contributed by atoms with van der Waals surface area (Å²) in [5, 5.41) is 0. The summed E-state index contributed by atoms with van der Waals surface area (Å²) in [6.45, 7) is 8.39. The minimum atomic E-state index is -3.37. The molecule has 3 atom stereocenters. The van der Waals surface area contributed by atoms with Crippen molar-refractivity contribution in [1.82, 2.24) is 9.03 Å². The second-order valence-electron chi connectivity index (χ2n) is 6.47. The molecule has 2 rings (SSSR count). The number of nitrogens with one attached hydrogen (secondary N) is 1. The predicted octanol–water partition coefficient (Wildman–Crippen LogP) is 0.852. The summed E-state index contributed by atoms with van der Waals surface area (Å²) < 4.78 is 39.5. The molecule has 0 bridgehead atoms. The van der Waals surface area contributed by atoms with E-state index in [2.05, 4.69) is 18.6 Å². The Morgan fingerprint density at radius 3 is 2.62 bits per heavy atom. The number of hydrogen-bond acceptors (Lipinski definition) is 4. The Balaban J connectivity index is 1.66. The van der Waals surface area contributed by atoms with E-state index < -0.39 is 10.2 Å². The van der Waals surface area contributed by atoms with Crippen LogP contribution in [0.15, 0.2) is 0 Å². The van der Waals surface area contributed by atoms with Gasteiger partial charge in [0.05, 0.1) is 19.8 Å². The molecule has 2 aliphatic rings. The van der Waals surface area contributed by atoms with Gasteiger partial charge in [-0.05, 0) is 24.7 Å². The zero-order chi connectivity index (χ0) is 15.3. The molecule has 6 nitrogen and oxygen atoms in total. The van der Waals surface area contributed by atoms with E-state index in [1.165, 1.54) is 0 Å². The lowest BCUT2D eigenvalue weighted by molar-refractivity contribution is 0.0931. The third-order valence-corrected chi connectivity index (χ3v) is 5.63. The van der Waals surface area contributed by atoms with Crippen molar-refractivity contribution in [3.8, 4) is 0 Å². The van der Waals surface area contributed by atoms with Crippen LogP contribution in [-0.2, 0) is 19.7 Å². The Morgan fingerprint density at radius 2 is 2.00 bits per heavy atom. The van der Waals surface area contributed by atoms with Crippen LogP contribution < -0.4 is 4.72 Å². The molecule has 2 heterocycles. The standard InChI is InChI=1S/C14H28N2O4S/c1-12-7-13(2)9-16(8-12)21(17,18)15-4-6-20-11-14-3-5-19-10-14/h12-15H,3-11H2,1-2H3/t12-,13+,14-/m0/s1. The van der Waals surface area contributed by atoms with Gasteiger partial charge >= 0.3 is 0 Å². The lowest BCUT2D eigenvalue weighted by Gasteiger charge is -2.33. The summed E-state index contributed by atoms with van der Waals surface area (Å²) in [5.74, 6) is 1.30. The third-order valence-electron chi connectivity index (χ3n) is 4.08. The largest absolute Gasteiger partial charge is 0.381 e. The van der Waals surface area contributed by atoms with E-state index in [1.54, 1.807) is 4.31 Å². The van der Waals surface area contributed by atoms with Gasteiger partial charge in [0.2, 0.25) is 0 Å². The van der Waals surface area contributed by atoms with Crippen LogP contribution in [0, 0.1) is 17.8 Å². The van der Waals surface area contributed by atoms with Gasteiger partial charge in [-0.2, -0.15) is 17.4 Å². The van der Waals surface area contributed by atoms with Crippen LogP contribution in [0.25, 0.3) is 0 Å². The predicted molar refractivity (Wildman–Crippen MR) is 81.2 cm³/mol. The molecule has 0 unspecified atom stereocenters. The Morgan fingerprint density at radius 1 is 1.29 bits per heavy atom. The van der Waals surface area contributed by atoms with Crippen LogP contribution in [0.3, 0.4) is 0 Å². The van der Waals surface area contributed by atoms with Gasteiger partial charge in [0.15, 0.2) is 0 Å². The van der Waals surface area contributed by atoms with E-state index in [1.807, 2.05) is 0 Å². The molecule has 0 aromatic carbocycles. The van der Waals surface area contributed by atoms with Gasteiger partial charge in [0, 0.05) is 32.2 Å². The lowest BCUT2D eigenvalue weighted by atomic mass is 9.94. The molecular weight excluding hydrogens is 292 g/mol. The molecule has 124 valence electrons. The summed E-state index contributed by atoms with van der Waals surface area (Å²) in [6.07, 6.45) is 2.13. The molecule has 0 aromatic heterocycles. The SMILES string of the molecule is C[C@@H]1C[C@H](C)CN(S(=O)(=O)NCCOC[C@H]2CCOC2)C1. The van der Waals surface area contributed by atoms with Crippen LogP contribution in [0.4, 0.5) is 0 Å². The minimum Gasteiger partial charge on any atom is -0.381 e. The summed E-state index contributed by atoms with van der Waals surface area (Å²) >= 11 is 0. The van der Waals surface area contributed by atoms with Crippen molar-refractivity contribution in [1.29, 1.82) is 0 Å². The first kappa shape index (κ1) is 17.1. The monoisotopic (exact) mass is 320 g/mol. The molecule has 0 saturated carbocycles. The molecule has 0 aromatic rings. The zero-order valence-electron chi connectivity index (χ0n) is 13.1. The van der Waals surface area contributed by atoms with Crippen LogP contribution in [0.1, 0.15) is 26.7 Å². The summed E-state index contributed by atoms with van der Waals surface area (Å²) in [6, 6.07) is 0. The number of piperidine rings is 1. The molecule has 2 saturated heterocycles. The molecule has 0 radical (unpaired) electrons. The molecular formula is C14H28N2O4S. The van der Waals surface area contributed by atoms with E-state index in [-0.39, 0.29) is 0 Å². The van der Waals surface area contributed by atoms with E-state index in [0.29, 0.717) is 50.6 Å². The first-order valence-corrected chi connectivity index (χ1v) is 9.31. The van der Waals surface area contributed by atoms with E-state index >= 15 is 0 Å². The Kier molecular flexibility index (Phi) is 6.43. The smallest absolute Gasteiger partial charge is 0.279 e. The van der Waals surface area contributed by atoms with Crippen molar-refractivity contribution < 1.29 is 17.9 Å². The zero-order valence-corrected chi connectivity index (χ0v) is 13.9. The van der Waals surface area contributed by atoms with Crippen molar-refractivity contribution in [2.24, 2.45) is 17.8 Å². The average molecular weight is 320 g/mol. The van der Waals surface area contributed by atoms with Gasteiger partial charge in [-0.3, -0.25) is 0 Å². The molecule has 7 heteroatoms. The fourth-order valence-electron chi connectivity index (χ4n) is 3.10. The highest BCUT2D eigenvalue weighted by atomic mass is 32.2. The van der Waals surface area contributed by atoms with Crippen LogP contribution in [0.5, 0.6) is 0 Å². The van der Waals surface area contributed by atoms with E-state index in [0.717, 1.165) is 26.1 Å². The Bertz CT molecular complexity index is 399. The average Bonchev–Trinajstić information content (AvgIpc) is 2.90. The maximum absolute atomic E-state index is 12.2. The van der Waals surface area contributed by atoms with Crippen molar-refractivity contribution in [3.63, 3.8) is 0 Å². The Hall–Kier alpha value is -0.210. The van der Waals surface area contributed by atoms with Crippen molar-refractivity contribution in [2.75, 3.05) is 46.1 Å². The second-order valence-corrected chi connectivity index (χ2v) is 8.22. The molecule has 0 aliphatic carbocycles. The highest BCUT2D eigenvalue weighted by Gasteiger charge is 2.29. The quantitative estimate of drug-likeness (QED) is 0.706. The topological polar surface area (TPSA) is 67.9 Å². The third kappa shape index (κ3) is 5.49. The lowest BCUT2D eigenvalue weighted by Crippen LogP contribution is -2.48. The first-order valence-electron chi connectivity index (χ1n) is 7.87. The molecule has 2 fully saturated rings.